The van der Waals surface area contributed by atoms with E-state index in [-0.39, 0.29) is 24.5 Å². The van der Waals surface area contributed by atoms with Crippen molar-refractivity contribution in [2.45, 2.75) is 39.7 Å². The zero-order valence-electron chi connectivity index (χ0n) is 19.7. The Bertz CT molecular complexity index is 1250. The molecular weight excluding hydrogens is 454 g/mol. The molecule has 34 heavy (non-hydrogen) atoms. The number of aromatic nitrogens is 1. The summed E-state index contributed by atoms with van der Waals surface area (Å²) in [7, 11) is 1.55. The minimum Gasteiger partial charge on any atom is -0.505 e. The van der Waals surface area contributed by atoms with Crippen molar-refractivity contribution in [2.75, 3.05) is 11.9 Å². The van der Waals surface area contributed by atoms with Crippen LogP contribution in [0.25, 0.3) is 0 Å². The molecule has 2 amide bonds. The van der Waals surface area contributed by atoms with E-state index >= 15 is 0 Å². The van der Waals surface area contributed by atoms with Crippen molar-refractivity contribution >= 4 is 29.0 Å². The molecule has 0 spiro atoms. The van der Waals surface area contributed by atoms with Gasteiger partial charge in [-0.15, -0.1) is 11.3 Å². The van der Waals surface area contributed by atoms with E-state index in [9.17, 15) is 19.5 Å². The summed E-state index contributed by atoms with van der Waals surface area (Å²) in [6.45, 7) is 5.68. The first-order valence-corrected chi connectivity index (χ1v) is 11.8. The smallest absolute Gasteiger partial charge is 0.320 e. The Balaban J connectivity index is 1.80. The van der Waals surface area contributed by atoms with Crippen LogP contribution in [-0.4, -0.2) is 28.3 Å². The molecule has 180 valence electrons. The van der Waals surface area contributed by atoms with Crippen LogP contribution in [0.1, 0.15) is 46.0 Å². The number of anilines is 1. The van der Waals surface area contributed by atoms with E-state index in [1.165, 1.54) is 33.1 Å². The molecule has 8 nitrogen and oxygen atoms in total. The number of rotatable bonds is 8. The lowest BCUT2D eigenvalue weighted by atomic mass is 10.1. The number of nitrogens with one attached hydrogen (secondary N) is 2. The number of benzene rings is 1. The SMILES string of the molecule is CCOC(=O)C[C@H](NC(=O)Nc1c(O)cc(C)n(C)c1=O)c1ccc(Cc2ccccc2C)s1. The van der Waals surface area contributed by atoms with Gasteiger partial charge in [0.05, 0.1) is 19.1 Å². The summed E-state index contributed by atoms with van der Waals surface area (Å²) in [6, 6.07) is 12.0. The fraction of sp³-hybridized carbons (Fsp3) is 0.320. The van der Waals surface area contributed by atoms with Crippen LogP contribution in [0, 0.1) is 13.8 Å². The van der Waals surface area contributed by atoms with Crippen molar-refractivity contribution in [1.82, 2.24) is 9.88 Å². The van der Waals surface area contributed by atoms with E-state index in [1.54, 1.807) is 20.9 Å². The van der Waals surface area contributed by atoms with Crippen molar-refractivity contribution in [3.8, 4) is 5.75 Å². The standard InChI is InChI=1S/C25H29N3O5S/c1-5-33-22(30)14-19(21-11-10-18(34-21)13-17-9-7-6-8-15(17)2)26-25(32)27-23-20(29)12-16(3)28(4)24(23)31/h6-12,19,29H,5,13-14H2,1-4H3,(H2,26,27,32)/t19-/m0/s1. The van der Waals surface area contributed by atoms with Crippen LogP contribution in [0.4, 0.5) is 10.5 Å². The molecule has 0 bridgehead atoms. The van der Waals surface area contributed by atoms with Gasteiger partial charge in [0.15, 0.2) is 5.69 Å². The van der Waals surface area contributed by atoms with E-state index in [4.69, 9.17) is 4.74 Å². The van der Waals surface area contributed by atoms with Gasteiger partial charge in [0.2, 0.25) is 0 Å². The molecule has 2 aromatic heterocycles. The number of hydrogen-bond acceptors (Lipinski definition) is 6. The van der Waals surface area contributed by atoms with E-state index in [0.29, 0.717) is 5.69 Å². The Hall–Kier alpha value is -3.59. The Morgan fingerprint density at radius 3 is 2.62 bits per heavy atom. The Morgan fingerprint density at radius 1 is 1.18 bits per heavy atom. The van der Waals surface area contributed by atoms with Gasteiger partial charge in [-0.2, -0.15) is 0 Å². The summed E-state index contributed by atoms with van der Waals surface area (Å²) in [5.74, 6) is -0.773. The monoisotopic (exact) mass is 483 g/mol. The molecule has 1 atom stereocenters. The highest BCUT2D eigenvalue weighted by molar-refractivity contribution is 7.12. The molecule has 9 heteroatoms. The minimum absolute atomic E-state index is 0.0660. The first-order chi connectivity index (χ1) is 16.2. The number of aromatic hydroxyl groups is 1. The highest BCUT2D eigenvalue weighted by atomic mass is 32.1. The van der Waals surface area contributed by atoms with Crippen molar-refractivity contribution in [3.63, 3.8) is 0 Å². The zero-order chi connectivity index (χ0) is 24.8. The summed E-state index contributed by atoms with van der Waals surface area (Å²) >= 11 is 1.50. The number of aryl methyl sites for hydroxylation is 2. The topological polar surface area (TPSA) is 110 Å². The zero-order valence-corrected chi connectivity index (χ0v) is 20.5. The number of esters is 1. The van der Waals surface area contributed by atoms with Crippen LogP contribution in [0.15, 0.2) is 47.3 Å². The van der Waals surface area contributed by atoms with Gasteiger partial charge in [-0.05, 0) is 44.0 Å². The summed E-state index contributed by atoms with van der Waals surface area (Å²) in [5.41, 5.74) is 2.18. The molecule has 0 aliphatic carbocycles. The van der Waals surface area contributed by atoms with Gasteiger partial charge < -0.3 is 25.0 Å². The molecular formula is C25H29N3O5S. The Morgan fingerprint density at radius 2 is 1.91 bits per heavy atom. The molecule has 0 saturated carbocycles. The lowest BCUT2D eigenvalue weighted by Crippen LogP contribution is -2.36. The van der Waals surface area contributed by atoms with Crippen LogP contribution in [-0.2, 0) is 23.0 Å². The van der Waals surface area contributed by atoms with Crippen LogP contribution in [0.5, 0.6) is 5.75 Å². The maximum Gasteiger partial charge on any atom is 0.320 e. The van der Waals surface area contributed by atoms with E-state index in [1.807, 2.05) is 24.3 Å². The number of ether oxygens (including phenoxy) is 1. The Labute approximate surface area is 202 Å². The second-order valence-electron chi connectivity index (χ2n) is 7.98. The Kier molecular flexibility index (Phi) is 8.12. The number of carbonyl (C=O) groups excluding carboxylic acids is 2. The molecule has 0 fully saturated rings. The van der Waals surface area contributed by atoms with Crippen molar-refractivity contribution in [1.29, 1.82) is 0 Å². The molecule has 2 heterocycles. The second kappa shape index (κ2) is 11.0. The maximum absolute atomic E-state index is 12.7. The minimum atomic E-state index is -0.709. The van der Waals surface area contributed by atoms with Gasteiger partial charge in [-0.3, -0.25) is 9.59 Å². The molecule has 3 rings (SSSR count). The van der Waals surface area contributed by atoms with Gasteiger partial charge in [0.25, 0.3) is 5.56 Å². The fourth-order valence-corrected chi connectivity index (χ4v) is 4.60. The van der Waals surface area contributed by atoms with Gasteiger partial charge >= 0.3 is 12.0 Å². The van der Waals surface area contributed by atoms with Gasteiger partial charge in [0.1, 0.15) is 5.75 Å². The average molecular weight is 484 g/mol. The summed E-state index contributed by atoms with van der Waals surface area (Å²) in [6.07, 6.45) is 0.673. The van der Waals surface area contributed by atoms with E-state index in [0.717, 1.165) is 16.2 Å². The highest BCUT2D eigenvalue weighted by Crippen LogP contribution is 2.29. The van der Waals surface area contributed by atoms with Crippen molar-refractivity contribution < 1.29 is 19.4 Å². The third-order valence-corrected chi connectivity index (χ3v) is 6.72. The predicted octanol–water partition coefficient (Wildman–Crippen LogP) is 4.18. The number of carbonyl (C=O) groups is 2. The molecule has 0 radical (unpaired) electrons. The molecule has 3 aromatic rings. The summed E-state index contributed by atoms with van der Waals surface area (Å²) in [4.78, 5) is 39.3. The third kappa shape index (κ3) is 6.05. The molecule has 1 aromatic carbocycles. The predicted molar refractivity (Wildman–Crippen MR) is 133 cm³/mol. The fourth-order valence-electron chi connectivity index (χ4n) is 3.51. The number of pyridine rings is 1. The maximum atomic E-state index is 12.7. The molecule has 0 saturated heterocycles. The molecule has 0 aliphatic heterocycles. The summed E-state index contributed by atoms with van der Waals surface area (Å²) in [5, 5.41) is 15.3. The van der Waals surface area contributed by atoms with Gasteiger partial charge in [0, 0.05) is 35.0 Å². The third-order valence-electron chi connectivity index (χ3n) is 5.52. The van der Waals surface area contributed by atoms with Crippen LogP contribution in [0.3, 0.4) is 0 Å². The lowest BCUT2D eigenvalue weighted by molar-refractivity contribution is -0.143. The first kappa shape index (κ1) is 25.0. The van der Waals surface area contributed by atoms with Crippen LogP contribution in [0.2, 0.25) is 0 Å². The van der Waals surface area contributed by atoms with Crippen LogP contribution < -0.4 is 16.2 Å². The van der Waals surface area contributed by atoms with Gasteiger partial charge in [-0.1, -0.05) is 24.3 Å². The number of nitrogens with zero attached hydrogens (tertiary/aromatic N) is 1. The van der Waals surface area contributed by atoms with Crippen molar-refractivity contribution in [3.05, 3.63) is 79.4 Å². The number of urea groups is 1. The average Bonchev–Trinajstić information content (AvgIpc) is 3.25. The summed E-state index contributed by atoms with van der Waals surface area (Å²) < 4.78 is 6.40. The highest BCUT2D eigenvalue weighted by Gasteiger charge is 2.23. The second-order valence-corrected chi connectivity index (χ2v) is 9.18. The number of thiophene rings is 1. The first-order valence-electron chi connectivity index (χ1n) is 11.0. The van der Waals surface area contributed by atoms with E-state index < -0.39 is 23.6 Å². The lowest BCUT2D eigenvalue weighted by Gasteiger charge is -2.18. The molecule has 3 N–H and O–H groups in total. The van der Waals surface area contributed by atoms with Gasteiger partial charge in [-0.25, -0.2) is 4.79 Å². The normalized spacial score (nSPS) is 11.6. The van der Waals surface area contributed by atoms with Crippen LogP contribution >= 0.6 is 11.3 Å². The largest absolute Gasteiger partial charge is 0.505 e. The molecule has 0 aliphatic rings. The number of hydrogen-bond donors (Lipinski definition) is 3. The molecule has 0 unspecified atom stereocenters. The number of amides is 2. The van der Waals surface area contributed by atoms with Crippen molar-refractivity contribution in [2.24, 2.45) is 7.05 Å². The quantitative estimate of drug-likeness (QED) is 0.417. The van der Waals surface area contributed by atoms with E-state index in [2.05, 4.69) is 29.7 Å².